The number of rotatable bonds is 9. The van der Waals surface area contributed by atoms with E-state index in [-0.39, 0.29) is 11.8 Å². The van der Waals surface area contributed by atoms with E-state index in [1.54, 1.807) is 12.4 Å². The molecule has 1 saturated carbocycles. The molecule has 5 rings (SSSR count). The van der Waals surface area contributed by atoms with Crippen molar-refractivity contribution in [2.24, 2.45) is 0 Å². The predicted molar refractivity (Wildman–Crippen MR) is 129 cm³/mol. The van der Waals surface area contributed by atoms with Crippen LogP contribution in [0.5, 0.6) is 0 Å². The number of anilines is 1. The summed E-state index contributed by atoms with van der Waals surface area (Å²) in [6.07, 6.45) is 6.35. The van der Waals surface area contributed by atoms with Crippen LogP contribution in [-0.4, -0.2) is 70.3 Å². The Balaban J connectivity index is 1.51. The second-order valence-electron chi connectivity index (χ2n) is 8.69. The van der Waals surface area contributed by atoms with Crippen LogP contribution in [0.3, 0.4) is 0 Å². The first kappa shape index (κ1) is 25.0. The zero-order valence-corrected chi connectivity index (χ0v) is 21.3. The number of sulfonamides is 1. The summed E-state index contributed by atoms with van der Waals surface area (Å²) in [5.74, 6) is 0.772. The van der Waals surface area contributed by atoms with Crippen LogP contribution in [0.25, 0.3) is 0 Å². The molecule has 0 bridgehead atoms. The van der Waals surface area contributed by atoms with Crippen molar-refractivity contribution in [3.05, 3.63) is 59.2 Å². The summed E-state index contributed by atoms with van der Waals surface area (Å²) in [5.41, 5.74) is 0.384. The zero-order valence-electron chi connectivity index (χ0n) is 19.7. The Labute approximate surface area is 213 Å². The molecule has 3 aromatic rings. The molecule has 3 atom stereocenters. The average Bonchev–Trinajstić information content (AvgIpc) is 3.60. The van der Waals surface area contributed by atoms with Gasteiger partial charge in [0.05, 0.1) is 30.4 Å². The fraction of sp³-hybridized carbons (Fsp3) is 0.500. The maximum atomic E-state index is 13.5. The van der Waals surface area contributed by atoms with Gasteiger partial charge in [0.25, 0.3) is 0 Å². The van der Waals surface area contributed by atoms with Crippen molar-refractivity contribution in [1.29, 1.82) is 0 Å². The summed E-state index contributed by atoms with van der Waals surface area (Å²) in [6.45, 7) is 2.71. The number of halogens is 1. The van der Waals surface area contributed by atoms with Crippen LogP contribution in [0.4, 0.5) is 5.95 Å². The summed E-state index contributed by atoms with van der Waals surface area (Å²) < 4.78 is 48.5. The summed E-state index contributed by atoms with van der Waals surface area (Å²) in [6, 6.07) is 3.81. The first-order chi connectivity index (χ1) is 17.4. The number of aromatic nitrogens is 6. The van der Waals surface area contributed by atoms with Gasteiger partial charge in [0.2, 0.25) is 16.0 Å². The Hall–Kier alpha value is -2.71. The van der Waals surface area contributed by atoms with Crippen LogP contribution in [0, 0.1) is 0 Å². The van der Waals surface area contributed by atoms with Gasteiger partial charge in [-0.1, -0.05) is 17.7 Å². The Morgan fingerprint density at radius 1 is 1.22 bits per heavy atom. The third-order valence-electron chi connectivity index (χ3n) is 6.44. The van der Waals surface area contributed by atoms with Crippen LogP contribution in [0.1, 0.15) is 49.2 Å². The number of nitrogens with one attached hydrogen (secondary N) is 1. The van der Waals surface area contributed by atoms with Crippen molar-refractivity contribution >= 4 is 27.6 Å². The van der Waals surface area contributed by atoms with Crippen LogP contribution >= 0.6 is 11.6 Å². The molecule has 3 aromatic heterocycles. The molecule has 1 aliphatic carbocycles. The smallest absolute Gasteiger partial charge is 0.240 e. The molecular weight excluding hydrogens is 510 g/mol. The molecule has 12 nitrogen and oxygen atoms in total. The molecule has 1 aliphatic heterocycles. The standard InChI is InChI=1S/C22H26ClN7O5S/c1-14(18(33-2)19-25-11-16(23)12-26-19)36(31,32)29-21-28-27-20(17-13-34-8-9-35-17)30(21)22(5-6-22)15-4-3-7-24-10-15/h3-4,7,10-12,14,17-18H,5-6,8-9,13H2,1-2H3,(H,28,29)/t14-,17+,18-/m0/s1. The molecule has 0 aromatic carbocycles. The number of ether oxygens (including phenoxy) is 3. The monoisotopic (exact) mass is 535 g/mol. The molecule has 0 unspecified atom stereocenters. The Bertz CT molecular complexity index is 1300. The average molecular weight is 536 g/mol. The van der Waals surface area contributed by atoms with E-state index in [2.05, 4.69) is 29.9 Å². The van der Waals surface area contributed by atoms with Crippen molar-refractivity contribution in [3.63, 3.8) is 0 Å². The van der Waals surface area contributed by atoms with E-state index in [1.807, 2.05) is 16.7 Å². The highest BCUT2D eigenvalue weighted by Crippen LogP contribution is 2.52. The topological polar surface area (TPSA) is 143 Å². The highest BCUT2D eigenvalue weighted by atomic mass is 35.5. The normalized spacial score (nSPS) is 21.0. The third-order valence-corrected chi connectivity index (χ3v) is 8.33. The van der Waals surface area contributed by atoms with Crippen molar-refractivity contribution < 1.29 is 22.6 Å². The largest absolute Gasteiger partial charge is 0.376 e. The molecule has 1 saturated heterocycles. The van der Waals surface area contributed by atoms with E-state index in [1.165, 1.54) is 26.4 Å². The van der Waals surface area contributed by atoms with Crippen molar-refractivity contribution in [3.8, 4) is 0 Å². The number of pyridine rings is 1. The van der Waals surface area contributed by atoms with Crippen molar-refractivity contribution in [1.82, 2.24) is 29.7 Å². The minimum absolute atomic E-state index is 0.0826. The summed E-state index contributed by atoms with van der Waals surface area (Å²) in [5, 5.41) is 7.84. The van der Waals surface area contributed by atoms with Crippen LogP contribution < -0.4 is 4.72 Å². The molecule has 2 aliphatic rings. The van der Waals surface area contributed by atoms with E-state index in [4.69, 9.17) is 25.8 Å². The molecule has 0 radical (unpaired) electrons. The number of hydrogen-bond acceptors (Lipinski definition) is 10. The Morgan fingerprint density at radius 2 is 2.00 bits per heavy atom. The van der Waals surface area contributed by atoms with Crippen molar-refractivity contribution in [2.75, 3.05) is 31.7 Å². The van der Waals surface area contributed by atoms with Crippen LogP contribution in [0.2, 0.25) is 5.02 Å². The van der Waals surface area contributed by atoms with Gasteiger partial charge >= 0.3 is 0 Å². The van der Waals surface area contributed by atoms with Crippen molar-refractivity contribution in [2.45, 2.75) is 42.8 Å². The number of nitrogens with zero attached hydrogens (tertiary/aromatic N) is 6. The van der Waals surface area contributed by atoms with Gasteiger partial charge in [-0.25, -0.2) is 18.4 Å². The summed E-state index contributed by atoms with van der Waals surface area (Å²) in [4.78, 5) is 12.5. The van der Waals surface area contributed by atoms with Gasteiger partial charge in [0.1, 0.15) is 17.5 Å². The summed E-state index contributed by atoms with van der Waals surface area (Å²) >= 11 is 5.88. The first-order valence-electron chi connectivity index (χ1n) is 11.4. The number of methoxy groups -OCH3 is 1. The highest BCUT2D eigenvalue weighted by Gasteiger charge is 2.51. The fourth-order valence-electron chi connectivity index (χ4n) is 4.39. The maximum Gasteiger partial charge on any atom is 0.240 e. The molecule has 0 spiro atoms. The van der Waals surface area contributed by atoms with E-state index in [0.29, 0.717) is 30.7 Å². The SMILES string of the molecule is CO[C@H](c1ncc(Cl)cn1)[C@H](C)S(=O)(=O)Nc1nnc([C@H]2COCCO2)n1C1(c2cccnc2)CC1. The minimum atomic E-state index is -4.04. The molecule has 2 fully saturated rings. The molecule has 4 heterocycles. The van der Waals surface area contributed by atoms with Crippen LogP contribution in [0.15, 0.2) is 36.9 Å². The van der Waals surface area contributed by atoms with E-state index in [0.717, 1.165) is 18.4 Å². The van der Waals surface area contributed by atoms with E-state index < -0.39 is 33.0 Å². The number of hydrogen-bond donors (Lipinski definition) is 1. The quantitative estimate of drug-likeness (QED) is 0.433. The lowest BCUT2D eigenvalue weighted by atomic mass is 10.1. The fourth-order valence-corrected chi connectivity index (χ4v) is 5.62. The predicted octanol–water partition coefficient (Wildman–Crippen LogP) is 2.26. The van der Waals surface area contributed by atoms with Crippen LogP contribution in [-0.2, 0) is 29.8 Å². The van der Waals surface area contributed by atoms with Gasteiger partial charge in [0, 0.05) is 31.9 Å². The Morgan fingerprint density at radius 3 is 2.61 bits per heavy atom. The molecular formula is C22H26ClN7O5S. The lowest BCUT2D eigenvalue weighted by Crippen LogP contribution is -2.35. The lowest BCUT2D eigenvalue weighted by molar-refractivity contribution is -0.0951. The lowest BCUT2D eigenvalue weighted by Gasteiger charge is -2.28. The van der Waals surface area contributed by atoms with Gasteiger partial charge in [-0.05, 0) is 31.4 Å². The van der Waals surface area contributed by atoms with Gasteiger partial charge in [-0.15, -0.1) is 10.2 Å². The Kier molecular flexibility index (Phi) is 6.92. The molecule has 36 heavy (non-hydrogen) atoms. The molecule has 0 amide bonds. The second kappa shape index (κ2) is 9.98. The molecule has 14 heteroatoms. The first-order valence-corrected chi connectivity index (χ1v) is 13.4. The van der Waals surface area contributed by atoms with Gasteiger partial charge in [0.15, 0.2) is 11.6 Å². The third kappa shape index (κ3) is 4.68. The second-order valence-corrected chi connectivity index (χ2v) is 11.2. The van der Waals surface area contributed by atoms with E-state index in [9.17, 15) is 8.42 Å². The van der Waals surface area contributed by atoms with Gasteiger partial charge in [-0.3, -0.25) is 14.3 Å². The van der Waals surface area contributed by atoms with E-state index >= 15 is 0 Å². The highest BCUT2D eigenvalue weighted by molar-refractivity contribution is 7.93. The molecule has 1 N–H and O–H groups in total. The zero-order chi connectivity index (χ0) is 25.3. The summed E-state index contributed by atoms with van der Waals surface area (Å²) in [7, 11) is -2.64. The van der Waals surface area contributed by atoms with Gasteiger partial charge < -0.3 is 14.2 Å². The van der Waals surface area contributed by atoms with Gasteiger partial charge in [-0.2, -0.15) is 0 Å². The minimum Gasteiger partial charge on any atom is -0.376 e. The molecule has 192 valence electrons. The maximum absolute atomic E-state index is 13.5.